The number of esters is 1. The van der Waals surface area contributed by atoms with E-state index in [4.69, 9.17) is 19.3 Å². The lowest BCUT2D eigenvalue weighted by Gasteiger charge is -2.43. The summed E-state index contributed by atoms with van der Waals surface area (Å²) in [7, 11) is 8.10. The predicted octanol–water partition coefficient (Wildman–Crippen LogP) is 6.10. The van der Waals surface area contributed by atoms with Gasteiger partial charge in [-0.3, -0.25) is 39.1 Å². The molecule has 1 aliphatic heterocycles. The smallest absolute Gasteiger partial charge is 0.337 e. The van der Waals surface area contributed by atoms with Crippen LogP contribution in [0.4, 0.5) is 0 Å². The molecule has 15 nitrogen and oxygen atoms in total. The zero-order valence-corrected chi connectivity index (χ0v) is 42.0. The normalized spacial score (nSPS) is 17.8. The lowest BCUT2D eigenvalue weighted by atomic mass is 9.87. The van der Waals surface area contributed by atoms with Crippen molar-refractivity contribution in [1.82, 2.24) is 25.3 Å². The topological polar surface area (TPSA) is 184 Å². The first-order valence-electron chi connectivity index (χ1n) is 23.8. The van der Waals surface area contributed by atoms with Gasteiger partial charge < -0.3 is 29.5 Å². The third-order valence-corrected chi connectivity index (χ3v) is 13.3. The number of imide groups is 1. The van der Waals surface area contributed by atoms with Crippen molar-refractivity contribution >= 4 is 41.6 Å². The van der Waals surface area contributed by atoms with Crippen LogP contribution in [0.3, 0.4) is 0 Å². The predicted molar refractivity (Wildman–Crippen MR) is 260 cm³/mol. The zero-order valence-electron chi connectivity index (χ0n) is 42.0. The minimum atomic E-state index is -0.907. The van der Waals surface area contributed by atoms with Gasteiger partial charge in [-0.2, -0.15) is 0 Å². The second-order valence-electron chi connectivity index (χ2n) is 18.8. The van der Waals surface area contributed by atoms with Gasteiger partial charge in [0.05, 0.1) is 61.4 Å². The Bertz CT molecular complexity index is 1920. The molecule has 0 saturated carbocycles. The van der Waals surface area contributed by atoms with Crippen molar-refractivity contribution in [3.63, 3.8) is 0 Å². The molecule has 1 aliphatic rings. The highest BCUT2D eigenvalue weighted by molar-refractivity contribution is 6.00. The standard InChI is InChI=1S/C52H79N5O10/c1-13-35(6)47(56(9)46(34(4)5)51(63)54-50(62)45(33(2)3)55(8)29-18-22-44(59)60)42(65-10)32-43(58)57-30-17-21-41(57)48(66-11)36(7)49(61)53-40(31-38-19-15-14-16-20-38)28-25-37-23-26-39(27-24-37)52(64)67-12/h14-16,19-20,23-28,33-36,40-42,45-48H,13,17-18,21-22,29-32H2,1-12H3,(H,53,61)(H,59,60)(H,54,62,63)/b28-25+/t35-,36+,40+,41-,42+,45-,46-,47-,48+/m0/s1. The molecule has 0 unspecified atom stereocenters. The quantitative estimate of drug-likeness (QED) is 0.0878. The highest BCUT2D eigenvalue weighted by atomic mass is 16.5. The minimum Gasteiger partial charge on any atom is -0.481 e. The van der Waals surface area contributed by atoms with E-state index in [-0.39, 0.29) is 54.5 Å². The van der Waals surface area contributed by atoms with Gasteiger partial charge in [-0.1, -0.05) is 110 Å². The van der Waals surface area contributed by atoms with Crippen molar-refractivity contribution in [2.75, 3.05) is 48.5 Å². The number of likely N-dealkylation sites (N-methyl/N-ethyl adjacent to an activating group) is 2. The number of nitrogens with zero attached hydrogens (tertiary/aromatic N) is 3. The fourth-order valence-electron chi connectivity index (χ4n) is 9.66. The number of likely N-dealkylation sites (tertiary alicyclic amines) is 1. The summed E-state index contributed by atoms with van der Waals surface area (Å²) in [5.41, 5.74) is 2.33. The summed E-state index contributed by atoms with van der Waals surface area (Å²) in [6.07, 6.45) is 5.65. The summed E-state index contributed by atoms with van der Waals surface area (Å²) in [5, 5.41) is 15.0. The van der Waals surface area contributed by atoms with E-state index in [1.165, 1.54) is 7.11 Å². The van der Waals surface area contributed by atoms with Crippen molar-refractivity contribution in [2.24, 2.45) is 23.7 Å². The number of aliphatic carboxylic acids is 1. The molecular formula is C52H79N5O10. The Balaban J connectivity index is 1.81. The summed E-state index contributed by atoms with van der Waals surface area (Å²) in [6, 6.07) is 14.4. The third kappa shape index (κ3) is 16.4. The maximum absolute atomic E-state index is 14.5. The van der Waals surface area contributed by atoms with E-state index in [9.17, 15) is 28.8 Å². The molecule has 0 aromatic heterocycles. The summed E-state index contributed by atoms with van der Waals surface area (Å²) in [4.78, 5) is 85.3. The summed E-state index contributed by atoms with van der Waals surface area (Å²) in [5.74, 6) is -3.59. The van der Waals surface area contributed by atoms with E-state index in [1.54, 1.807) is 38.3 Å². The van der Waals surface area contributed by atoms with Crippen LogP contribution in [0.5, 0.6) is 0 Å². The fourth-order valence-corrected chi connectivity index (χ4v) is 9.66. The van der Waals surface area contributed by atoms with E-state index in [0.717, 1.165) is 24.0 Å². The van der Waals surface area contributed by atoms with Crippen molar-refractivity contribution < 1.29 is 48.1 Å². The van der Waals surface area contributed by atoms with Gasteiger partial charge in [0.1, 0.15) is 0 Å². The summed E-state index contributed by atoms with van der Waals surface area (Å²) in [6.45, 7) is 14.5. The van der Waals surface area contributed by atoms with Crippen LogP contribution in [0.15, 0.2) is 60.7 Å². The Morgan fingerprint density at radius 1 is 0.851 bits per heavy atom. The average Bonchev–Trinajstić information content (AvgIpc) is 3.77. The summed E-state index contributed by atoms with van der Waals surface area (Å²) < 4.78 is 17.1. The number of carbonyl (C=O) groups is 6. The number of hydrogen-bond donors (Lipinski definition) is 3. The van der Waals surface area contributed by atoms with Gasteiger partial charge in [-0.05, 0) is 87.3 Å². The van der Waals surface area contributed by atoms with E-state index in [1.807, 2.05) is 106 Å². The van der Waals surface area contributed by atoms with Crippen molar-refractivity contribution in [2.45, 2.75) is 136 Å². The second kappa shape index (κ2) is 27.8. The Labute approximate surface area is 399 Å². The van der Waals surface area contributed by atoms with Crippen molar-refractivity contribution in [3.05, 3.63) is 77.4 Å². The van der Waals surface area contributed by atoms with Gasteiger partial charge in [0, 0.05) is 33.2 Å². The van der Waals surface area contributed by atoms with E-state index in [0.29, 0.717) is 37.9 Å². The monoisotopic (exact) mass is 934 g/mol. The Morgan fingerprint density at radius 2 is 1.48 bits per heavy atom. The number of nitrogens with one attached hydrogen (secondary N) is 2. The number of benzene rings is 2. The SMILES string of the molecule is CC[C@H](C)[C@@H]([C@@H](CC(=O)N1CCC[C@H]1[C@H](OC)[C@@H](C)C(=O)N[C@H](/C=C/c1ccc(C(=O)OC)cc1)Cc1ccccc1)OC)N(C)[C@H](C(=O)NC(=O)[C@H](C(C)C)N(C)CCCC(=O)O)C(C)C. The molecule has 9 atom stereocenters. The third-order valence-electron chi connectivity index (χ3n) is 13.3. The second-order valence-corrected chi connectivity index (χ2v) is 18.8. The van der Waals surface area contributed by atoms with Crippen LogP contribution >= 0.6 is 0 Å². The number of carbonyl (C=O) groups excluding carboxylic acids is 5. The molecule has 3 rings (SSSR count). The van der Waals surface area contributed by atoms with Gasteiger partial charge in [0.15, 0.2) is 0 Å². The van der Waals surface area contributed by atoms with Crippen LogP contribution < -0.4 is 10.6 Å². The van der Waals surface area contributed by atoms with Crippen LogP contribution in [0.1, 0.15) is 108 Å². The molecule has 2 aromatic carbocycles. The molecule has 3 N–H and O–H groups in total. The Morgan fingerprint density at radius 3 is 2.03 bits per heavy atom. The van der Waals surface area contributed by atoms with E-state index in [2.05, 4.69) is 24.5 Å². The molecule has 0 aliphatic carbocycles. The minimum absolute atomic E-state index is 0.0156. The number of carboxylic acids is 1. The van der Waals surface area contributed by atoms with Crippen LogP contribution in [0, 0.1) is 23.7 Å². The lowest BCUT2D eigenvalue weighted by Crippen LogP contribution is -2.60. The number of ether oxygens (including phenoxy) is 3. The Hall–Kier alpha value is -4.96. The molecule has 4 amide bonds. The summed E-state index contributed by atoms with van der Waals surface area (Å²) >= 11 is 0. The van der Waals surface area contributed by atoms with Crippen LogP contribution in [0.25, 0.3) is 6.08 Å². The molecule has 1 saturated heterocycles. The van der Waals surface area contributed by atoms with E-state index < -0.39 is 60.0 Å². The molecule has 67 heavy (non-hydrogen) atoms. The highest BCUT2D eigenvalue weighted by Crippen LogP contribution is 2.31. The fraction of sp³-hybridized carbons (Fsp3) is 0.615. The van der Waals surface area contributed by atoms with Gasteiger partial charge in [0.2, 0.25) is 23.6 Å². The van der Waals surface area contributed by atoms with Gasteiger partial charge in [-0.25, -0.2) is 4.79 Å². The van der Waals surface area contributed by atoms with Crippen molar-refractivity contribution in [3.8, 4) is 0 Å². The molecule has 372 valence electrons. The van der Waals surface area contributed by atoms with Crippen LogP contribution in [0.2, 0.25) is 0 Å². The average molecular weight is 934 g/mol. The number of methoxy groups -OCH3 is 3. The molecule has 2 aromatic rings. The lowest BCUT2D eigenvalue weighted by molar-refractivity contribution is -0.144. The Kier molecular flexibility index (Phi) is 23.3. The van der Waals surface area contributed by atoms with Crippen LogP contribution in [-0.4, -0.2) is 146 Å². The maximum Gasteiger partial charge on any atom is 0.337 e. The largest absolute Gasteiger partial charge is 0.481 e. The first kappa shape index (κ1) is 56.4. The number of carboxylic acid groups (broad SMARTS) is 1. The highest BCUT2D eigenvalue weighted by Gasteiger charge is 2.44. The van der Waals surface area contributed by atoms with Gasteiger partial charge in [0.25, 0.3) is 0 Å². The van der Waals surface area contributed by atoms with Gasteiger partial charge in [-0.15, -0.1) is 0 Å². The maximum atomic E-state index is 14.5. The molecule has 0 bridgehead atoms. The molecular weight excluding hydrogens is 855 g/mol. The van der Waals surface area contributed by atoms with Crippen LogP contribution in [-0.2, 0) is 44.6 Å². The number of amides is 4. The number of hydrogen-bond acceptors (Lipinski definition) is 11. The first-order chi connectivity index (χ1) is 31.8. The zero-order chi connectivity index (χ0) is 50.0. The molecule has 1 fully saturated rings. The first-order valence-corrected chi connectivity index (χ1v) is 23.8. The number of rotatable bonds is 27. The van der Waals surface area contributed by atoms with Gasteiger partial charge >= 0.3 is 11.9 Å². The van der Waals surface area contributed by atoms with Crippen molar-refractivity contribution in [1.29, 1.82) is 0 Å². The molecule has 15 heteroatoms. The molecule has 0 radical (unpaired) electrons. The molecule has 1 heterocycles. The van der Waals surface area contributed by atoms with E-state index >= 15 is 0 Å². The molecule has 0 spiro atoms.